The number of nitrogens with one attached hydrogen (secondary N) is 1. The van der Waals surface area contributed by atoms with Crippen LogP contribution in [0.25, 0.3) is 0 Å². The molecule has 0 fully saturated rings. The van der Waals surface area contributed by atoms with Crippen molar-refractivity contribution >= 4 is 15.7 Å². The first-order valence-electron chi connectivity index (χ1n) is 13.6. The predicted molar refractivity (Wildman–Crippen MR) is 153 cm³/mol. The molecule has 0 unspecified atom stereocenters. The quantitative estimate of drug-likeness (QED) is 0.155. The van der Waals surface area contributed by atoms with Gasteiger partial charge in [-0.05, 0) is 77.9 Å². The standard InChI is InChI=1S/C32H30F4N2O3S/c33-30-20-28(41-18-4-7-23-5-2-1-3-6-23)13-15-31(30)37-42(39,40)29-14-10-26-22-38(17-16-25(26)19-29)21-24-8-11-27(12-9-24)32(34,35)36/h1-3,5-6,8-15,19-20,37H,4,7,16-18,21-22H2. The van der Waals surface area contributed by atoms with Crippen LogP contribution < -0.4 is 9.46 Å². The van der Waals surface area contributed by atoms with Gasteiger partial charge in [0.05, 0.1) is 22.8 Å². The van der Waals surface area contributed by atoms with E-state index in [4.69, 9.17) is 4.74 Å². The summed E-state index contributed by atoms with van der Waals surface area (Å²) in [5.41, 5.74) is 2.90. The van der Waals surface area contributed by atoms with Gasteiger partial charge in [0, 0.05) is 25.7 Å². The molecule has 0 radical (unpaired) electrons. The highest BCUT2D eigenvalue weighted by Crippen LogP contribution is 2.30. The van der Waals surface area contributed by atoms with E-state index in [0.717, 1.165) is 41.7 Å². The third kappa shape index (κ3) is 7.49. The summed E-state index contributed by atoms with van der Waals surface area (Å²) < 4.78 is 87.4. The van der Waals surface area contributed by atoms with Crippen molar-refractivity contribution in [2.45, 2.75) is 43.4 Å². The second-order valence-corrected chi connectivity index (χ2v) is 12.0. The summed E-state index contributed by atoms with van der Waals surface area (Å²) in [6, 6.07) is 23.9. The maximum atomic E-state index is 14.8. The van der Waals surface area contributed by atoms with Crippen molar-refractivity contribution in [2.24, 2.45) is 0 Å². The number of benzene rings is 4. The highest BCUT2D eigenvalue weighted by atomic mass is 32.2. The van der Waals surface area contributed by atoms with E-state index < -0.39 is 27.6 Å². The Labute approximate surface area is 242 Å². The molecule has 0 aliphatic carbocycles. The molecular formula is C32H30F4N2O3S. The summed E-state index contributed by atoms with van der Waals surface area (Å²) in [7, 11) is -4.05. The minimum Gasteiger partial charge on any atom is -0.493 e. The number of anilines is 1. The molecule has 0 amide bonds. The molecule has 5 nitrogen and oxygen atoms in total. The van der Waals surface area contributed by atoms with Gasteiger partial charge in [-0.3, -0.25) is 9.62 Å². The van der Waals surface area contributed by atoms with Gasteiger partial charge in [0.1, 0.15) is 5.75 Å². The van der Waals surface area contributed by atoms with Crippen molar-refractivity contribution in [3.63, 3.8) is 0 Å². The Morgan fingerprint density at radius 1 is 0.857 bits per heavy atom. The van der Waals surface area contributed by atoms with Gasteiger partial charge < -0.3 is 4.74 Å². The van der Waals surface area contributed by atoms with Crippen LogP contribution in [0.4, 0.5) is 23.2 Å². The van der Waals surface area contributed by atoms with E-state index in [1.165, 1.54) is 42.0 Å². The molecular weight excluding hydrogens is 568 g/mol. The Bertz CT molecular complexity index is 1630. The van der Waals surface area contributed by atoms with Gasteiger partial charge in [0.15, 0.2) is 5.82 Å². The lowest BCUT2D eigenvalue weighted by molar-refractivity contribution is -0.137. The summed E-state index contributed by atoms with van der Waals surface area (Å²) in [4.78, 5) is 2.12. The lowest BCUT2D eigenvalue weighted by Crippen LogP contribution is -2.30. The van der Waals surface area contributed by atoms with Crippen molar-refractivity contribution in [3.05, 3.63) is 125 Å². The first-order valence-corrected chi connectivity index (χ1v) is 15.0. The Balaban J connectivity index is 1.17. The number of halogens is 4. The summed E-state index contributed by atoms with van der Waals surface area (Å²) in [6.45, 7) is 2.03. The van der Waals surface area contributed by atoms with Crippen molar-refractivity contribution in [1.29, 1.82) is 0 Å². The van der Waals surface area contributed by atoms with Gasteiger partial charge in [0.25, 0.3) is 10.0 Å². The van der Waals surface area contributed by atoms with Crippen LogP contribution in [0.15, 0.2) is 95.9 Å². The lowest BCUT2D eigenvalue weighted by atomic mass is 9.99. The van der Waals surface area contributed by atoms with Gasteiger partial charge >= 0.3 is 6.18 Å². The zero-order valence-electron chi connectivity index (χ0n) is 22.7. The molecule has 0 saturated carbocycles. The minimum absolute atomic E-state index is 0.0260. The van der Waals surface area contributed by atoms with Gasteiger partial charge in [-0.2, -0.15) is 13.2 Å². The van der Waals surface area contributed by atoms with E-state index in [1.54, 1.807) is 12.1 Å². The molecule has 0 saturated heterocycles. The fourth-order valence-corrected chi connectivity index (χ4v) is 6.05. The molecule has 1 heterocycles. The molecule has 0 bridgehead atoms. The number of hydrogen-bond donors (Lipinski definition) is 1. The van der Waals surface area contributed by atoms with Gasteiger partial charge in [-0.15, -0.1) is 0 Å². The zero-order valence-corrected chi connectivity index (χ0v) is 23.5. The summed E-state index contributed by atoms with van der Waals surface area (Å²) >= 11 is 0. The van der Waals surface area contributed by atoms with Crippen molar-refractivity contribution in [2.75, 3.05) is 17.9 Å². The molecule has 0 aromatic heterocycles. The van der Waals surface area contributed by atoms with Crippen LogP contribution in [0.3, 0.4) is 0 Å². The number of rotatable bonds is 10. The summed E-state index contributed by atoms with van der Waals surface area (Å²) in [6.07, 6.45) is -2.21. The Morgan fingerprint density at radius 2 is 1.62 bits per heavy atom. The third-order valence-corrected chi connectivity index (χ3v) is 8.54. The monoisotopic (exact) mass is 598 g/mol. The number of nitrogens with zero attached hydrogens (tertiary/aromatic N) is 1. The highest BCUT2D eigenvalue weighted by Gasteiger charge is 2.30. The molecule has 42 heavy (non-hydrogen) atoms. The Hall–Kier alpha value is -3.89. The molecule has 5 rings (SSSR count). The van der Waals surface area contributed by atoms with E-state index in [9.17, 15) is 26.0 Å². The number of aryl methyl sites for hydroxylation is 1. The second kappa shape index (κ2) is 12.5. The number of fused-ring (bicyclic) bond motifs is 1. The minimum atomic E-state index is -4.37. The van der Waals surface area contributed by atoms with E-state index in [1.807, 2.05) is 30.3 Å². The molecule has 0 atom stereocenters. The van der Waals surface area contributed by atoms with Crippen molar-refractivity contribution < 1.29 is 30.7 Å². The lowest BCUT2D eigenvalue weighted by Gasteiger charge is -2.29. The molecule has 10 heteroatoms. The molecule has 0 spiro atoms. The first kappa shape index (κ1) is 29.6. The van der Waals surface area contributed by atoms with Crippen LogP contribution in [0.2, 0.25) is 0 Å². The number of ether oxygens (including phenoxy) is 1. The molecule has 220 valence electrons. The van der Waals surface area contributed by atoms with Gasteiger partial charge in [-0.1, -0.05) is 48.5 Å². The summed E-state index contributed by atoms with van der Waals surface area (Å²) in [5, 5.41) is 0. The second-order valence-electron chi connectivity index (χ2n) is 10.3. The van der Waals surface area contributed by atoms with Crippen molar-refractivity contribution in [1.82, 2.24) is 4.90 Å². The average molecular weight is 599 g/mol. The van der Waals surface area contributed by atoms with Crippen LogP contribution in [0.1, 0.15) is 34.2 Å². The van der Waals surface area contributed by atoms with Crippen LogP contribution in [-0.4, -0.2) is 26.5 Å². The fraction of sp³-hybridized carbons (Fsp3) is 0.250. The van der Waals surface area contributed by atoms with Crippen molar-refractivity contribution in [3.8, 4) is 5.75 Å². The van der Waals surface area contributed by atoms with E-state index in [0.29, 0.717) is 38.4 Å². The maximum absolute atomic E-state index is 14.8. The number of sulfonamides is 1. The topological polar surface area (TPSA) is 58.6 Å². The molecule has 1 aliphatic heterocycles. The van der Waals surface area contributed by atoms with Gasteiger partial charge in [-0.25, -0.2) is 12.8 Å². The average Bonchev–Trinajstić information content (AvgIpc) is 2.97. The SMILES string of the molecule is O=S(=O)(Nc1ccc(OCCCc2ccccc2)cc1F)c1ccc2c(c1)CCN(Cc1ccc(C(F)(F)F)cc1)C2. The largest absolute Gasteiger partial charge is 0.493 e. The first-order chi connectivity index (χ1) is 20.1. The third-order valence-electron chi connectivity index (χ3n) is 7.17. The van der Waals surface area contributed by atoms with Gasteiger partial charge in [0.2, 0.25) is 0 Å². The zero-order chi connectivity index (χ0) is 29.7. The van der Waals surface area contributed by atoms with E-state index in [2.05, 4.69) is 9.62 Å². The Kier molecular flexibility index (Phi) is 8.84. The molecule has 4 aromatic rings. The number of hydrogen-bond acceptors (Lipinski definition) is 4. The highest BCUT2D eigenvalue weighted by molar-refractivity contribution is 7.92. The predicted octanol–water partition coefficient (Wildman–Crippen LogP) is 7.22. The van der Waals surface area contributed by atoms with E-state index in [-0.39, 0.29) is 10.6 Å². The van der Waals surface area contributed by atoms with Crippen LogP contribution in [0.5, 0.6) is 5.75 Å². The molecule has 4 aromatic carbocycles. The molecule has 1 N–H and O–H groups in total. The fourth-order valence-electron chi connectivity index (χ4n) is 4.93. The van der Waals surface area contributed by atoms with Crippen LogP contribution in [0, 0.1) is 5.82 Å². The normalized spacial score (nSPS) is 13.9. The number of alkyl halides is 3. The maximum Gasteiger partial charge on any atom is 0.416 e. The Morgan fingerprint density at radius 3 is 2.33 bits per heavy atom. The smallest absolute Gasteiger partial charge is 0.416 e. The summed E-state index contributed by atoms with van der Waals surface area (Å²) in [5.74, 6) is -0.422. The van der Waals surface area contributed by atoms with Crippen LogP contribution in [-0.2, 0) is 42.1 Å². The van der Waals surface area contributed by atoms with Crippen LogP contribution >= 0.6 is 0 Å². The molecule has 1 aliphatic rings. The van der Waals surface area contributed by atoms with E-state index >= 15 is 0 Å².